The second-order valence-electron chi connectivity index (χ2n) is 7.71. The Labute approximate surface area is 161 Å². The molecule has 0 bridgehead atoms. The molecule has 2 heterocycles. The fourth-order valence-corrected chi connectivity index (χ4v) is 3.82. The topological polar surface area (TPSA) is 76.3 Å². The van der Waals surface area contributed by atoms with Crippen LogP contribution < -0.4 is 10.6 Å². The largest absolute Gasteiger partial charge is 0.371 e. The van der Waals surface area contributed by atoms with Crippen LogP contribution in [0.15, 0.2) is 30.3 Å². The molecule has 2 aromatic rings. The van der Waals surface area contributed by atoms with Crippen LogP contribution >= 0.6 is 0 Å². The molecule has 0 saturated heterocycles. The first-order chi connectivity index (χ1) is 12.9. The van der Waals surface area contributed by atoms with Crippen LogP contribution in [0.3, 0.4) is 0 Å². The number of nitrogens with one attached hydrogen (secondary N) is 3. The third kappa shape index (κ3) is 3.93. The van der Waals surface area contributed by atoms with Gasteiger partial charge in [-0.3, -0.25) is 5.10 Å². The highest BCUT2D eigenvalue weighted by Gasteiger charge is 2.39. The average Bonchev–Trinajstić information content (AvgIpc) is 3.20. The van der Waals surface area contributed by atoms with Gasteiger partial charge in [-0.15, -0.1) is 0 Å². The van der Waals surface area contributed by atoms with Gasteiger partial charge in [-0.25, -0.2) is 4.79 Å². The zero-order chi connectivity index (χ0) is 19.6. The quantitative estimate of drug-likeness (QED) is 0.731. The van der Waals surface area contributed by atoms with Crippen molar-refractivity contribution in [2.75, 3.05) is 33.0 Å². The van der Waals surface area contributed by atoms with E-state index in [9.17, 15) is 4.79 Å². The van der Waals surface area contributed by atoms with Gasteiger partial charge in [0.1, 0.15) is 0 Å². The van der Waals surface area contributed by atoms with Crippen LogP contribution in [-0.4, -0.2) is 53.7 Å². The van der Waals surface area contributed by atoms with Crippen molar-refractivity contribution >= 4 is 11.8 Å². The maximum atomic E-state index is 13.2. The van der Waals surface area contributed by atoms with Crippen molar-refractivity contribution in [1.29, 1.82) is 0 Å². The van der Waals surface area contributed by atoms with E-state index in [0.29, 0.717) is 6.54 Å². The Balaban J connectivity index is 1.82. The lowest BCUT2D eigenvalue weighted by Crippen LogP contribution is -2.44. The summed E-state index contributed by atoms with van der Waals surface area (Å²) in [6.07, 6.45) is 0. The number of carbonyl (C=O) groups is 1. The molecule has 0 aliphatic carbocycles. The molecule has 7 nitrogen and oxygen atoms in total. The van der Waals surface area contributed by atoms with Crippen LogP contribution in [0.1, 0.15) is 42.8 Å². The summed E-state index contributed by atoms with van der Waals surface area (Å²) in [5.41, 5.74) is 3.22. The first kappa shape index (κ1) is 19.2. The number of likely N-dealkylation sites (N-methyl/N-ethyl adjacent to an activating group) is 1. The lowest BCUT2D eigenvalue weighted by atomic mass is 10.0. The molecular weight excluding hydrogens is 340 g/mol. The molecule has 27 heavy (non-hydrogen) atoms. The van der Waals surface area contributed by atoms with Crippen molar-refractivity contribution in [2.24, 2.45) is 5.92 Å². The maximum absolute atomic E-state index is 13.2. The number of anilines is 1. The zero-order valence-corrected chi connectivity index (χ0v) is 16.8. The Hall–Kier alpha value is -2.54. The molecule has 1 aromatic heterocycles. The molecule has 7 heteroatoms. The predicted octanol–water partition coefficient (Wildman–Crippen LogP) is 2.98. The number of amides is 2. The minimum absolute atomic E-state index is 0.00891. The average molecular weight is 371 g/mol. The first-order valence-corrected chi connectivity index (χ1v) is 9.44. The molecule has 2 atom stereocenters. The summed E-state index contributed by atoms with van der Waals surface area (Å²) in [4.78, 5) is 17.2. The zero-order valence-electron chi connectivity index (χ0n) is 16.8. The van der Waals surface area contributed by atoms with E-state index >= 15 is 0 Å². The molecule has 0 saturated carbocycles. The van der Waals surface area contributed by atoms with Gasteiger partial charge in [-0.1, -0.05) is 44.2 Å². The molecule has 0 radical (unpaired) electrons. The van der Waals surface area contributed by atoms with Gasteiger partial charge in [-0.05, 0) is 25.6 Å². The number of benzene rings is 1. The van der Waals surface area contributed by atoms with Gasteiger partial charge < -0.3 is 20.4 Å². The SMILES string of the molecule is CNc1n[nH]c2c1CN(C(=O)NC(CN(C)C)c1ccccc1)C2C(C)C. The number of nitrogens with zero attached hydrogens (tertiary/aromatic N) is 3. The number of H-pyrrole nitrogens is 1. The van der Waals surface area contributed by atoms with Crippen LogP contribution in [0.4, 0.5) is 10.6 Å². The molecule has 3 rings (SSSR count). The summed E-state index contributed by atoms with van der Waals surface area (Å²) in [5.74, 6) is 1.10. The number of rotatable bonds is 6. The number of hydrogen-bond acceptors (Lipinski definition) is 4. The van der Waals surface area contributed by atoms with Gasteiger partial charge in [0.2, 0.25) is 0 Å². The number of urea groups is 1. The highest BCUT2D eigenvalue weighted by atomic mass is 16.2. The normalized spacial score (nSPS) is 17.3. The van der Waals surface area contributed by atoms with Crippen LogP contribution in [0.25, 0.3) is 0 Å². The third-order valence-electron chi connectivity index (χ3n) is 5.04. The minimum atomic E-state index is -0.0673. The predicted molar refractivity (Wildman–Crippen MR) is 108 cm³/mol. The van der Waals surface area contributed by atoms with E-state index in [1.807, 2.05) is 44.2 Å². The van der Waals surface area contributed by atoms with Gasteiger partial charge in [-0.2, -0.15) is 5.10 Å². The summed E-state index contributed by atoms with van der Waals surface area (Å²) in [7, 11) is 5.89. The smallest absolute Gasteiger partial charge is 0.318 e. The van der Waals surface area contributed by atoms with Gasteiger partial charge >= 0.3 is 6.03 Å². The fraction of sp³-hybridized carbons (Fsp3) is 0.500. The third-order valence-corrected chi connectivity index (χ3v) is 5.04. The van der Waals surface area contributed by atoms with Crippen molar-refractivity contribution in [3.05, 3.63) is 47.2 Å². The van der Waals surface area contributed by atoms with Crippen molar-refractivity contribution in [2.45, 2.75) is 32.5 Å². The summed E-state index contributed by atoms with van der Waals surface area (Å²) in [6, 6.07) is 10.0. The van der Waals surface area contributed by atoms with E-state index in [1.165, 1.54) is 0 Å². The summed E-state index contributed by atoms with van der Waals surface area (Å²) >= 11 is 0. The second kappa shape index (κ2) is 8.00. The molecule has 3 N–H and O–H groups in total. The van der Waals surface area contributed by atoms with Gasteiger partial charge in [0.05, 0.1) is 24.3 Å². The minimum Gasteiger partial charge on any atom is -0.371 e. The number of carbonyl (C=O) groups excluding carboxylic acids is 1. The van der Waals surface area contributed by atoms with E-state index in [2.05, 4.69) is 51.7 Å². The molecule has 1 aliphatic heterocycles. The summed E-state index contributed by atoms with van der Waals surface area (Å²) < 4.78 is 0. The number of aromatic nitrogens is 2. The van der Waals surface area contributed by atoms with Gasteiger partial charge in [0.15, 0.2) is 5.82 Å². The lowest BCUT2D eigenvalue weighted by molar-refractivity contribution is 0.156. The molecule has 1 aliphatic rings. The second-order valence-corrected chi connectivity index (χ2v) is 7.71. The Morgan fingerprint density at radius 1 is 1.33 bits per heavy atom. The van der Waals surface area contributed by atoms with Crippen LogP contribution in [-0.2, 0) is 6.54 Å². The van der Waals surface area contributed by atoms with E-state index in [1.54, 1.807) is 0 Å². The molecule has 1 aromatic carbocycles. The number of hydrogen-bond donors (Lipinski definition) is 3. The van der Waals surface area contributed by atoms with Gasteiger partial charge in [0, 0.05) is 19.2 Å². The molecule has 0 spiro atoms. The standard InChI is InChI=1S/C20H30N6O/c1-13(2)18-17-15(19(21-3)24-23-17)11-26(18)20(27)22-16(12-25(4)5)14-9-7-6-8-10-14/h6-10,13,16,18H,11-12H2,1-5H3,(H,22,27)(H2,21,23,24). The maximum Gasteiger partial charge on any atom is 0.318 e. The van der Waals surface area contributed by atoms with E-state index in [0.717, 1.165) is 29.2 Å². The van der Waals surface area contributed by atoms with Crippen LogP contribution in [0, 0.1) is 5.92 Å². The lowest BCUT2D eigenvalue weighted by Gasteiger charge is -2.31. The molecule has 0 fully saturated rings. The molecule has 2 unspecified atom stereocenters. The van der Waals surface area contributed by atoms with Crippen LogP contribution in [0.2, 0.25) is 0 Å². The first-order valence-electron chi connectivity index (χ1n) is 9.44. The number of aromatic amines is 1. The summed E-state index contributed by atoms with van der Waals surface area (Å²) in [6.45, 7) is 5.56. The molecule has 146 valence electrons. The fourth-order valence-electron chi connectivity index (χ4n) is 3.82. The van der Waals surface area contributed by atoms with Crippen molar-refractivity contribution in [3.63, 3.8) is 0 Å². The monoisotopic (exact) mass is 370 g/mol. The highest BCUT2D eigenvalue weighted by molar-refractivity contribution is 5.77. The Bertz CT molecular complexity index is 770. The van der Waals surface area contributed by atoms with E-state index < -0.39 is 0 Å². The summed E-state index contributed by atoms with van der Waals surface area (Å²) in [5, 5.41) is 13.8. The van der Waals surface area contributed by atoms with E-state index in [4.69, 9.17) is 0 Å². The van der Waals surface area contributed by atoms with Crippen molar-refractivity contribution < 1.29 is 4.79 Å². The van der Waals surface area contributed by atoms with Crippen molar-refractivity contribution in [3.8, 4) is 0 Å². The number of fused-ring (bicyclic) bond motifs is 1. The Morgan fingerprint density at radius 2 is 2.04 bits per heavy atom. The Morgan fingerprint density at radius 3 is 2.63 bits per heavy atom. The van der Waals surface area contributed by atoms with Crippen LogP contribution in [0.5, 0.6) is 0 Å². The van der Waals surface area contributed by atoms with Gasteiger partial charge in [0.25, 0.3) is 0 Å². The van der Waals surface area contributed by atoms with Crippen molar-refractivity contribution in [1.82, 2.24) is 25.3 Å². The molecule has 2 amide bonds. The van der Waals surface area contributed by atoms with E-state index in [-0.39, 0.29) is 24.0 Å². The molecular formula is C20H30N6O. The highest BCUT2D eigenvalue weighted by Crippen LogP contribution is 2.40. The Kier molecular flexibility index (Phi) is 5.70.